The summed E-state index contributed by atoms with van der Waals surface area (Å²) < 4.78 is 18.3. The predicted octanol–water partition coefficient (Wildman–Crippen LogP) is 4.21. The van der Waals surface area contributed by atoms with Gasteiger partial charge in [-0.15, -0.1) is 0 Å². The number of rotatable bonds is 1. The van der Waals surface area contributed by atoms with Gasteiger partial charge in [-0.3, -0.25) is 0 Å². The van der Waals surface area contributed by atoms with Crippen LogP contribution in [0, 0.1) is 6.92 Å². The number of aryl methyl sites for hydroxylation is 1. The number of halogens is 2. The second-order valence-electron chi connectivity index (χ2n) is 4.11. The molecule has 116 valence electrons. The topological polar surface area (TPSA) is 46.2 Å². The average Bonchev–Trinajstić information content (AvgIpc) is 2.40. The molecule has 2 aromatic rings. The Balaban J connectivity index is 0.000000422. The van der Waals surface area contributed by atoms with Gasteiger partial charge in [-0.2, -0.15) is 8.42 Å². The first-order valence-electron chi connectivity index (χ1n) is 6.12. The third kappa shape index (κ3) is 12.4. The van der Waals surface area contributed by atoms with Gasteiger partial charge < -0.3 is 5.32 Å². The van der Waals surface area contributed by atoms with Gasteiger partial charge in [0.2, 0.25) is 0 Å². The lowest BCUT2D eigenvalue weighted by atomic mass is 10.0. The summed E-state index contributed by atoms with van der Waals surface area (Å²) in [4.78, 5) is 0. The van der Waals surface area contributed by atoms with Crippen molar-refractivity contribution >= 4 is 29.6 Å². The lowest BCUT2D eigenvalue weighted by Crippen LogP contribution is -1.89. The molecule has 0 fully saturated rings. The summed E-state index contributed by atoms with van der Waals surface area (Å²) in [5.41, 5.74) is 3.87. The largest absolute Gasteiger partial charge is 0.323 e. The van der Waals surface area contributed by atoms with Crippen molar-refractivity contribution in [1.29, 1.82) is 0 Å². The van der Waals surface area contributed by atoms with Crippen LogP contribution in [0.1, 0.15) is 5.56 Å². The lowest BCUT2D eigenvalue weighted by Gasteiger charge is -2.00. The molecular formula is C15H19Cl2NO2S. The SMILES string of the molecule is CNC.Cc1ccc(-c2ccccc2)cc1.O=S(=O)(Cl)Cl. The second kappa shape index (κ2) is 10.6. The number of benzene rings is 2. The van der Waals surface area contributed by atoms with Gasteiger partial charge in [0.15, 0.2) is 0 Å². The van der Waals surface area contributed by atoms with Crippen LogP contribution in [0.4, 0.5) is 0 Å². The van der Waals surface area contributed by atoms with Gasteiger partial charge in [0, 0.05) is 21.4 Å². The van der Waals surface area contributed by atoms with Crippen molar-refractivity contribution in [3.63, 3.8) is 0 Å². The normalized spacial score (nSPS) is 9.76. The van der Waals surface area contributed by atoms with Crippen LogP contribution in [0.25, 0.3) is 11.1 Å². The smallest absolute Gasteiger partial charge is 0.317 e. The Bertz CT molecular complexity index is 591. The zero-order chi connectivity index (χ0) is 16.3. The molecule has 0 atom stereocenters. The van der Waals surface area contributed by atoms with Gasteiger partial charge in [0.05, 0.1) is 0 Å². The van der Waals surface area contributed by atoms with E-state index in [0.717, 1.165) is 0 Å². The van der Waals surface area contributed by atoms with E-state index in [-0.39, 0.29) is 0 Å². The third-order valence-corrected chi connectivity index (χ3v) is 2.16. The first kappa shape index (κ1) is 19.9. The maximum atomic E-state index is 9.16. The monoisotopic (exact) mass is 347 g/mol. The van der Waals surface area contributed by atoms with Crippen LogP contribution in [0.2, 0.25) is 0 Å². The summed E-state index contributed by atoms with van der Waals surface area (Å²) in [6, 6.07) is 19.0. The van der Waals surface area contributed by atoms with Crippen LogP contribution < -0.4 is 5.32 Å². The van der Waals surface area contributed by atoms with Crippen LogP contribution in [-0.4, -0.2) is 22.5 Å². The van der Waals surface area contributed by atoms with Crippen molar-refractivity contribution in [2.45, 2.75) is 6.92 Å². The van der Waals surface area contributed by atoms with Crippen LogP contribution in [0.5, 0.6) is 0 Å². The van der Waals surface area contributed by atoms with Gasteiger partial charge in [-0.05, 0) is 32.1 Å². The molecule has 2 aromatic carbocycles. The Morgan fingerprint density at radius 3 is 1.52 bits per heavy atom. The highest BCUT2D eigenvalue weighted by atomic mass is 36.0. The zero-order valence-corrected chi connectivity index (χ0v) is 14.5. The van der Waals surface area contributed by atoms with Crippen molar-refractivity contribution in [1.82, 2.24) is 5.32 Å². The molecule has 0 unspecified atom stereocenters. The van der Waals surface area contributed by atoms with Crippen LogP contribution in [0.3, 0.4) is 0 Å². The van der Waals surface area contributed by atoms with Crippen molar-refractivity contribution in [2.75, 3.05) is 14.1 Å². The van der Waals surface area contributed by atoms with Crippen molar-refractivity contribution in [2.24, 2.45) is 0 Å². The number of hydrogen-bond donors (Lipinski definition) is 1. The maximum Gasteiger partial charge on any atom is 0.317 e. The molecule has 0 aromatic heterocycles. The Kier molecular flexibility index (Phi) is 10.1. The Labute approximate surface area is 135 Å². The van der Waals surface area contributed by atoms with Crippen LogP contribution in [-0.2, 0) is 8.26 Å². The van der Waals surface area contributed by atoms with E-state index in [4.69, 9.17) is 8.42 Å². The summed E-state index contributed by atoms with van der Waals surface area (Å²) in [5, 5.41) is 2.75. The van der Waals surface area contributed by atoms with E-state index in [2.05, 4.69) is 82.1 Å². The molecule has 2 rings (SSSR count). The van der Waals surface area contributed by atoms with E-state index >= 15 is 0 Å². The molecule has 0 heterocycles. The van der Waals surface area contributed by atoms with Crippen molar-refractivity contribution in [3.05, 3.63) is 60.2 Å². The van der Waals surface area contributed by atoms with Gasteiger partial charge in [-0.25, -0.2) is 0 Å². The zero-order valence-electron chi connectivity index (χ0n) is 12.2. The molecule has 0 bridgehead atoms. The summed E-state index contributed by atoms with van der Waals surface area (Å²) in [5.74, 6) is 0. The minimum absolute atomic E-state index is 1.28. The fourth-order valence-corrected chi connectivity index (χ4v) is 1.38. The fourth-order valence-electron chi connectivity index (χ4n) is 1.38. The van der Waals surface area contributed by atoms with Crippen molar-refractivity contribution in [3.8, 4) is 11.1 Å². The highest BCUT2D eigenvalue weighted by molar-refractivity contribution is 8.31. The van der Waals surface area contributed by atoms with E-state index < -0.39 is 8.26 Å². The molecule has 6 heteroatoms. The first-order chi connectivity index (χ1) is 9.77. The lowest BCUT2D eigenvalue weighted by molar-refractivity contribution is 0.621. The summed E-state index contributed by atoms with van der Waals surface area (Å²) >= 11 is 0. The molecule has 21 heavy (non-hydrogen) atoms. The van der Waals surface area contributed by atoms with Crippen LogP contribution >= 0.6 is 21.4 Å². The van der Waals surface area contributed by atoms with E-state index in [0.29, 0.717) is 0 Å². The van der Waals surface area contributed by atoms with E-state index in [1.807, 2.05) is 20.2 Å². The summed E-state index contributed by atoms with van der Waals surface area (Å²) in [6.07, 6.45) is 0. The molecule has 0 saturated carbocycles. The quantitative estimate of drug-likeness (QED) is 0.786. The Hall–Kier alpha value is -1.07. The molecule has 0 amide bonds. The van der Waals surface area contributed by atoms with Crippen molar-refractivity contribution < 1.29 is 8.42 Å². The molecule has 0 aliphatic carbocycles. The highest BCUT2D eigenvalue weighted by Crippen LogP contribution is 2.18. The van der Waals surface area contributed by atoms with E-state index in [9.17, 15) is 0 Å². The Morgan fingerprint density at radius 2 is 1.14 bits per heavy atom. The van der Waals surface area contributed by atoms with E-state index in [1.54, 1.807) is 0 Å². The molecule has 0 spiro atoms. The third-order valence-electron chi connectivity index (χ3n) is 2.16. The molecule has 0 radical (unpaired) electrons. The molecule has 0 aliphatic heterocycles. The molecular weight excluding hydrogens is 329 g/mol. The summed E-state index contributed by atoms with van der Waals surface area (Å²) in [7, 11) is 8.56. The summed E-state index contributed by atoms with van der Waals surface area (Å²) in [6.45, 7) is 2.11. The minimum atomic E-state index is -3.72. The number of hydrogen-bond acceptors (Lipinski definition) is 3. The Morgan fingerprint density at radius 1 is 0.810 bits per heavy atom. The minimum Gasteiger partial charge on any atom is -0.323 e. The molecule has 3 nitrogen and oxygen atoms in total. The van der Waals surface area contributed by atoms with Gasteiger partial charge >= 0.3 is 8.26 Å². The van der Waals surface area contributed by atoms with Gasteiger partial charge in [-0.1, -0.05) is 60.2 Å². The second-order valence-corrected chi connectivity index (χ2v) is 7.78. The standard InChI is InChI=1S/C13H12.C2H7N.Cl2O2S/c1-11-7-9-13(10-8-11)12-5-3-2-4-6-12;1-3-2;1-5(2,3)4/h2-10H,1H3;3H,1-2H3;. The van der Waals surface area contributed by atoms with Gasteiger partial charge in [0.1, 0.15) is 0 Å². The first-order valence-corrected chi connectivity index (χ1v) is 9.26. The van der Waals surface area contributed by atoms with Gasteiger partial charge in [0.25, 0.3) is 0 Å². The molecule has 0 aliphatic rings. The average molecular weight is 348 g/mol. The maximum absolute atomic E-state index is 9.16. The number of nitrogens with one attached hydrogen (secondary N) is 1. The predicted molar refractivity (Wildman–Crippen MR) is 92.2 cm³/mol. The fraction of sp³-hybridized carbons (Fsp3) is 0.200. The van der Waals surface area contributed by atoms with Crippen LogP contribution in [0.15, 0.2) is 54.6 Å². The highest BCUT2D eigenvalue weighted by Gasteiger charge is 1.93. The molecule has 1 N–H and O–H groups in total. The molecule has 0 saturated heterocycles. The van der Waals surface area contributed by atoms with E-state index in [1.165, 1.54) is 16.7 Å².